The number of nitrogens with one attached hydrogen (secondary N) is 1. The van der Waals surface area contributed by atoms with Crippen LogP contribution in [0.3, 0.4) is 0 Å². The summed E-state index contributed by atoms with van der Waals surface area (Å²) >= 11 is 1.29. The zero-order valence-electron chi connectivity index (χ0n) is 18.9. The van der Waals surface area contributed by atoms with Gasteiger partial charge in [0, 0.05) is 24.3 Å². The summed E-state index contributed by atoms with van der Waals surface area (Å²) in [4.78, 5) is 15.1. The van der Waals surface area contributed by atoms with Crippen LogP contribution < -0.4 is 10.2 Å². The van der Waals surface area contributed by atoms with Gasteiger partial charge in [-0.05, 0) is 75.4 Å². The number of benzene rings is 2. The molecule has 0 spiro atoms. The summed E-state index contributed by atoms with van der Waals surface area (Å²) in [6, 6.07) is 16.6. The number of hydrogen-bond acceptors (Lipinski definition) is 6. The van der Waals surface area contributed by atoms with E-state index in [0.29, 0.717) is 11.1 Å². The molecular formula is C25H30N4O2S. The van der Waals surface area contributed by atoms with E-state index < -0.39 is 0 Å². The Balaban J connectivity index is 1.37. The van der Waals surface area contributed by atoms with Gasteiger partial charge in [0.05, 0.1) is 11.3 Å². The zero-order chi connectivity index (χ0) is 22.5. The van der Waals surface area contributed by atoms with Crippen LogP contribution in [0.25, 0.3) is 11.5 Å². The Hall–Kier alpha value is -2.80. The van der Waals surface area contributed by atoms with Gasteiger partial charge in [-0.1, -0.05) is 36.0 Å². The summed E-state index contributed by atoms with van der Waals surface area (Å²) in [7, 11) is 0. The van der Waals surface area contributed by atoms with Crippen LogP contribution in [0.5, 0.6) is 0 Å². The lowest BCUT2D eigenvalue weighted by Crippen LogP contribution is -2.35. The molecule has 7 heteroatoms. The Morgan fingerprint density at radius 3 is 2.66 bits per heavy atom. The standard InChI is InChI=1S/C25H30N4O2S/c1-4-29(5-2)20-15-13-19(14-16-20)24-27-28-25(31-24)32-17(3)23(30)26-22-12-8-10-18-9-6-7-11-21(18)22/h6-7,9,11,13-17,22H,4-5,8,10,12H2,1-3H3,(H,26,30)/t17-,22+/m0/s1. The number of thioether (sulfide) groups is 1. The molecule has 168 valence electrons. The molecule has 4 rings (SSSR count). The molecule has 3 aromatic rings. The molecule has 1 heterocycles. The van der Waals surface area contributed by atoms with Gasteiger partial charge in [0.2, 0.25) is 11.8 Å². The highest BCUT2D eigenvalue weighted by Gasteiger charge is 2.25. The van der Waals surface area contributed by atoms with E-state index in [0.717, 1.165) is 37.9 Å². The minimum Gasteiger partial charge on any atom is -0.411 e. The third-order valence-corrected chi connectivity index (χ3v) is 6.92. The van der Waals surface area contributed by atoms with Crippen molar-refractivity contribution >= 4 is 23.4 Å². The molecule has 2 aromatic carbocycles. The van der Waals surface area contributed by atoms with Crippen LogP contribution in [-0.4, -0.2) is 34.4 Å². The van der Waals surface area contributed by atoms with Crippen molar-refractivity contribution in [1.29, 1.82) is 0 Å². The van der Waals surface area contributed by atoms with Gasteiger partial charge in [0.25, 0.3) is 5.22 Å². The van der Waals surface area contributed by atoms with Crippen LogP contribution in [0, 0.1) is 0 Å². The Morgan fingerprint density at radius 2 is 1.91 bits per heavy atom. The first-order valence-corrected chi connectivity index (χ1v) is 12.2. The second-order valence-electron chi connectivity index (χ2n) is 8.00. The summed E-state index contributed by atoms with van der Waals surface area (Å²) in [6.07, 6.45) is 3.13. The maximum atomic E-state index is 12.8. The maximum absolute atomic E-state index is 12.8. The molecule has 6 nitrogen and oxygen atoms in total. The van der Waals surface area contributed by atoms with E-state index in [1.54, 1.807) is 0 Å². The largest absolute Gasteiger partial charge is 0.411 e. The van der Waals surface area contributed by atoms with E-state index >= 15 is 0 Å². The number of amides is 1. The fraction of sp³-hybridized carbons (Fsp3) is 0.400. The first-order valence-electron chi connectivity index (χ1n) is 11.3. The molecule has 0 aliphatic heterocycles. The van der Waals surface area contributed by atoms with Crippen molar-refractivity contribution in [3.05, 3.63) is 59.7 Å². The third kappa shape index (κ3) is 4.99. The van der Waals surface area contributed by atoms with Gasteiger partial charge in [0.1, 0.15) is 0 Å². The second-order valence-corrected chi connectivity index (χ2v) is 9.30. The summed E-state index contributed by atoms with van der Waals surface area (Å²) < 4.78 is 5.84. The Bertz CT molecular complexity index is 1050. The molecule has 0 saturated carbocycles. The summed E-state index contributed by atoms with van der Waals surface area (Å²) in [5.41, 5.74) is 4.61. The Morgan fingerprint density at radius 1 is 1.16 bits per heavy atom. The van der Waals surface area contributed by atoms with Crippen molar-refractivity contribution in [2.45, 2.75) is 56.5 Å². The van der Waals surface area contributed by atoms with Crippen LogP contribution in [0.4, 0.5) is 5.69 Å². The molecule has 2 atom stereocenters. The summed E-state index contributed by atoms with van der Waals surface area (Å²) in [5.74, 6) is 0.451. The van der Waals surface area contributed by atoms with E-state index in [-0.39, 0.29) is 17.2 Å². The van der Waals surface area contributed by atoms with Crippen molar-refractivity contribution in [2.24, 2.45) is 0 Å². The number of rotatable bonds is 8. The van der Waals surface area contributed by atoms with Crippen LogP contribution in [0.15, 0.2) is 58.2 Å². The highest BCUT2D eigenvalue weighted by atomic mass is 32.2. The zero-order valence-corrected chi connectivity index (χ0v) is 19.7. The van der Waals surface area contributed by atoms with Crippen molar-refractivity contribution in [3.8, 4) is 11.5 Å². The summed E-state index contributed by atoms with van der Waals surface area (Å²) in [6.45, 7) is 8.08. The van der Waals surface area contributed by atoms with Crippen LogP contribution in [0.2, 0.25) is 0 Å². The molecule has 0 saturated heterocycles. The number of anilines is 1. The molecule has 0 bridgehead atoms. The average Bonchev–Trinajstić information content (AvgIpc) is 3.29. The number of carbonyl (C=O) groups excluding carboxylic acids is 1. The van der Waals surface area contributed by atoms with Crippen LogP contribution in [0.1, 0.15) is 50.8 Å². The smallest absolute Gasteiger partial charge is 0.277 e. The lowest BCUT2D eigenvalue weighted by Gasteiger charge is -2.27. The molecule has 0 radical (unpaired) electrons. The topological polar surface area (TPSA) is 71.3 Å². The minimum atomic E-state index is -0.331. The highest BCUT2D eigenvalue weighted by Crippen LogP contribution is 2.31. The molecular weight excluding hydrogens is 420 g/mol. The number of fused-ring (bicyclic) bond motifs is 1. The number of carbonyl (C=O) groups is 1. The van der Waals surface area contributed by atoms with E-state index in [1.807, 2.05) is 25.1 Å². The third-order valence-electron chi connectivity index (χ3n) is 5.98. The Labute approximate surface area is 193 Å². The number of aryl methyl sites for hydroxylation is 1. The molecule has 32 heavy (non-hydrogen) atoms. The predicted octanol–water partition coefficient (Wildman–Crippen LogP) is 5.26. The first-order chi connectivity index (χ1) is 15.6. The van der Waals surface area contributed by atoms with E-state index in [9.17, 15) is 4.79 Å². The van der Waals surface area contributed by atoms with Crippen molar-refractivity contribution in [1.82, 2.24) is 15.5 Å². The van der Waals surface area contributed by atoms with Crippen molar-refractivity contribution < 1.29 is 9.21 Å². The van der Waals surface area contributed by atoms with E-state index in [1.165, 1.54) is 28.6 Å². The molecule has 1 aromatic heterocycles. The quantitative estimate of drug-likeness (QED) is 0.472. The van der Waals surface area contributed by atoms with Gasteiger partial charge < -0.3 is 14.6 Å². The van der Waals surface area contributed by atoms with Gasteiger partial charge >= 0.3 is 0 Å². The normalized spacial score (nSPS) is 16.3. The van der Waals surface area contributed by atoms with E-state index in [2.05, 4.69) is 64.6 Å². The lowest BCUT2D eigenvalue weighted by molar-refractivity contribution is -0.121. The van der Waals surface area contributed by atoms with Crippen molar-refractivity contribution in [3.63, 3.8) is 0 Å². The number of nitrogens with zero attached hydrogens (tertiary/aromatic N) is 3. The fourth-order valence-corrected chi connectivity index (χ4v) is 4.87. The van der Waals surface area contributed by atoms with Crippen molar-refractivity contribution in [2.75, 3.05) is 18.0 Å². The molecule has 0 fully saturated rings. The predicted molar refractivity (Wildman–Crippen MR) is 129 cm³/mol. The van der Waals surface area contributed by atoms with Gasteiger partial charge in [-0.3, -0.25) is 4.79 Å². The van der Waals surface area contributed by atoms with Crippen LogP contribution in [-0.2, 0) is 11.2 Å². The van der Waals surface area contributed by atoms with E-state index in [4.69, 9.17) is 4.42 Å². The second kappa shape index (κ2) is 10.2. The Kier molecular flexibility index (Phi) is 7.15. The molecule has 1 aliphatic carbocycles. The first kappa shape index (κ1) is 22.4. The van der Waals surface area contributed by atoms with Crippen LogP contribution >= 0.6 is 11.8 Å². The van der Waals surface area contributed by atoms with Gasteiger partial charge in [-0.2, -0.15) is 0 Å². The molecule has 1 aliphatic rings. The minimum absolute atomic E-state index is 0.0139. The fourth-order valence-electron chi connectivity index (χ4n) is 4.18. The summed E-state index contributed by atoms with van der Waals surface area (Å²) in [5, 5.41) is 11.6. The molecule has 1 amide bonds. The molecule has 1 N–H and O–H groups in total. The number of hydrogen-bond donors (Lipinski definition) is 1. The highest BCUT2D eigenvalue weighted by molar-refractivity contribution is 8.00. The van der Waals surface area contributed by atoms with Gasteiger partial charge in [0.15, 0.2) is 0 Å². The lowest BCUT2D eigenvalue weighted by atomic mass is 9.88. The average molecular weight is 451 g/mol. The van der Waals surface area contributed by atoms with Gasteiger partial charge in [-0.15, -0.1) is 10.2 Å². The molecule has 0 unspecified atom stereocenters. The monoisotopic (exact) mass is 450 g/mol. The maximum Gasteiger partial charge on any atom is 0.277 e. The number of aromatic nitrogens is 2. The SMILES string of the molecule is CCN(CC)c1ccc(-c2nnc(S[C@@H](C)C(=O)N[C@@H]3CCCc4ccccc43)o2)cc1. The van der Waals surface area contributed by atoms with Gasteiger partial charge in [-0.25, -0.2) is 0 Å².